The highest BCUT2D eigenvalue weighted by molar-refractivity contribution is 7.47. The first-order valence-corrected chi connectivity index (χ1v) is 39.3. The van der Waals surface area contributed by atoms with Crippen LogP contribution in [0.4, 0.5) is 0 Å². The lowest BCUT2D eigenvalue weighted by atomic mass is 10.0. The van der Waals surface area contributed by atoms with E-state index in [1.807, 2.05) is 0 Å². The maximum Gasteiger partial charge on any atom is 0.472 e. The zero-order valence-corrected chi connectivity index (χ0v) is 59.7. The van der Waals surface area contributed by atoms with Crippen molar-refractivity contribution < 1.29 is 80.2 Å². The number of rotatable bonds is 68. The van der Waals surface area contributed by atoms with E-state index in [2.05, 4.69) is 48.5 Å². The monoisotopic (exact) mass is 1310 g/mol. The van der Waals surface area contributed by atoms with Crippen molar-refractivity contribution in [2.45, 2.75) is 369 Å². The third-order valence-electron chi connectivity index (χ3n) is 16.1. The minimum Gasteiger partial charge on any atom is -0.462 e. The molecule has 0 aliphatic carbocycles. The Morgan fingerprint density at radius 3 is 0.764 bits per heavy atom. The van der Waals surface area contributed by atoms with Crippen molar-refractivity contribution in [3.63, 3.8) is 0 Å². The third kappa shape index (κ3) is 64.6. The Labute approximate surface area is 543 Å². The zero-order chi connectivity index (χ0) is 65.9. The van der Waals surface area contributed by atoms with Gasteiger partial charge in [-0.25, -0.2) is 9.13 Å². The molecule has 3 N–H and O–H groups in total. The van der Waals surface area contributed by atoms with Gasteiger partial charge in [-0.3, -0.25) is 37.3 Å². The summed E-state index contributed by atoms with van der Waals surface area (Å²) >= 11 is 0. The molecular weight excluding hydrogens is 1170 g/mol. The van der Waals surface area contributed by atoms with E-state index < -0.39 is 97.5 Å². The molecule has 0 bridgehead atoms. The maximum atomic E-state index is 13.0. The van der Waals surface area contributed by atoms with E-state index in [-0.39, 0.29) is 25.7 Å². The predicted molar refractivity (Wildman–Crippen MR) is 358 cm³/mol. The van der Waals surface area contributed by atoms with Gasteiger partial charge in [0.1, 0.15) is 19.3 Å². The number of esters is 4. The average Bonchev–Trinajstić information content (AvgIpc) is 3.64. The summed E-state index contributed by atoms with van der Waals surface area (Å²) in [5.41, 5.74) is 0. The molecule has 0 amide bonds. The van der Waals surface area contributed by atoms with Crippen molar-refractivity contribution in [3.8, 4) is 0 Å². The van der Waals surface area contributed by atoms with Crippen LogP contribution in [0.25, 0.3) is 0 Å². The van der Waals surface area contributed by atoms with Gasteiger partial charge in [-0.15, -0.1) is 0 Å². The molecule has 528 valence electrons. The molecule has 2 unspecified atom stereocenters. The molecule has 0 aliphatic heterocycles. The summed E-state index contributed by atoms with van der Waals surface area (Å²) in [5.74, 6) is 0.159. The summed E-state index contributed by atoms with van der Waals surface area (Å²) in [6.07, 6.45) is 44.4. The second-order valence-electron chi connectivity index (χ2n) is 26.7. The van der Waals surface area contributed by atoms with Gasteiger partial charge in [0, 0.05) is 25.7 Å². The lowest BCUT2D eigenvalue weighted by molar-refractivity contribution is -0.161. The molecule has 0 saturated carbocycles. The fourth-order valence-corrected chi connectivity index (χ4v) is 12.1. The molecule has 0 aromatic heterocycles. The zero-order valence-electron chi connectivity index (χ0n) is 57.9. The van der Waals surface area contributed by atoms with Crippen LogP contribution in [0.3, 0.4) is 0 Å². The van der Waals surface area contributed by atoms with Gasteiger partial charge < -0.3 is 33.8 Å². The number of hydrogen-bond acceptors (Lipinski definition) is 15. The van der Waals surface area contributed by atoms with Crippen molar-refractivity contribution in [1.29, 1.82) is 0 Å². The van der Waals surface area contributed by atoms with Crippen LogP contribution in [-0.2, 0) is 65.4 Å². The highest BCUT2D eigenvalue weighted by Gasteiger charge is 2.30. The first-order valence-electron chi connectivity index (χ1n) is 36.3. The predicted octanol–water partition coefficient (Wildman–Crippen LogP) is 19.8. The first-order chi connectivity index (χ1) is 42.7. The van der Waals surface area contributed by atoms with E-state index in [1.165, 1.54) is 154 Å². The molecule has 0 rings (SSSR count). The Morgan fingerprint density at radius 1 is 0.303 bits per heavy atom. The summed E-state index contributed by atoms with van der Waals surface area (Å²) in [6.45, 7) is 11.8. The summed E-state index contributed by atoms with van der Waals surface area (Å²) in [5, 5.41) is 10.6. The SMILES string of the molecule is CCCCCCCCCCC(=O)OC[C@H](COP(=O)(O)OC[C@H](O)COP(=O)(O)OC[C@@H](COC(=O)CCCCCCCCCCCCC(C)C)OC(=O)CCCCCCCCCCCCCCC(C)C)OC(=O)CCCCCCCCCCCCC(C)C. The van der Waals surface area contributed by atoms with Crippen LogP contribution >= 0.6 is 15.6 Å². The highest BCUT2D eigenvalue weighted by Crippen LogP contribution is 2.45. The Hall–Kier alpha value is -1.94. The van der Waals surface area contributed by atoms with Crippen LogP contribution in [0.2, 0.25) is 0 Å². The largest absolute Gasteiger partial charge is 0.472 e. The number of carbonyl (C=O) groups is 4. The van der Waals surface area contributed by atoms with Crippen LogP contribution in [0.5, 0.6) is 0 Å². The van der Waals surface area contributed by atoms with Crippen LogP contribution in [0, 0.1) is 17.8 Å². The Bertz CT molecular complexity index is 1750. The van der Waals surface area contributed by atoms with E-state index in [1.54, 1.807) is 0 Å². The smallest absolute Gasteiger partial charge is 0.462 e. The molecule has 0 aromatic carbocycles. The quantitative estimate of drug-likeness (QED) is 0.0222. The van der Waals surface area contributed by atoms with E-state index >= 15 is 0 Å². The third-order valence-corrected chi connectivity index (χ3v) is 18.0. The summed E-state index contributed by atoms with van der Waals surface area (Å²) < 4.78 is 68.2. The summed E-state index contributed by atoms with van der Waals surface area (Å²) in [6, 6.07) is 0. The van der Waals surface area contributed by atoms with Gasteiger partial charge in [0.15, 0.2) is 12.2 Å². The van der Waals surface area contributed by atoms with Gasteiger partial charge in [0.05, 0.1) is 26.4 Å². The summed E-state index contributed by atoms with van der Waals surface area (Å²) in [4.78, 5) is 72.5. The molecule has 89 heavy (non-hydrogen) atoms. The molecule has 0 spiro atoms. The molecule has 0 saturated heterocycles. The van der Waals surface area contributed by atoms with Crippen LogP contribution in [-0.4, -0.2) is 96.7 Å². The lowest BCUT2D eigenvalue weighted by Crippen LogP contribution is -2.30. The van der Waals surface area contributed by atoms with Gasteiger partial charge in [-0.05, 0) is 43.4 Å². The number of phosphoric ester groups is 2. The number of carbonyl (C=O) groups excluding carboxylic acids is 4. The molecule has 19 heteroatoms. The van der Waals surface area contributed by atoms with Crippen LogP contribution < -0.4 is 0 Å². The van der Waals surface area contributed by atoms with E-state index in [4.69, 9.17) is 37.0 Å². The topological polar surface area (TPSA) is 237 Å². The number of unbranched alkanes of at least 4 members (excludes halogenated alkanes) is 36. The fourth-order valence-electron chi connectivity index (χ4n) is 10.5. The van der Waals surface area contributed by atoms with Gasteiger partial charge in [0.25, 0.3) is 0 Å². The average molecular weight is 1310 g/mol. The molecule has 0 aromatic rings. The standard InChI is InChI=1S/C70H136O17P2/c1-8-9-10-11-12-30-37-44-51-67(72)80-57-65(86-70(75)54-47-40-33-26-20-18-23-29-36-43-50-63(6)7)59-84-88(76,77)82-55-64(71)56-83-89(78,79)85-60-66(58-81-68(73)52-45-38-31-24-19-17-22-28-35-42-49-62(4)5)87-69(74)53-46-39-32-25-16-14-13-15-21-27-34-41-48-61(2)3/h61-66,71H,8-60H2,1-7H3,(H,76,77)(H,78,79)/t64-,65+,66+/m0/s1. The molecule has 0 heterocycles. The number of aliphatic hydroxyl groups is 1. The van der Waals surface area contributed by atoms with E-state index in [0.29, 0.717) is 25.7 Å². The van der Waals surface area contributed by atoms with Crippen molar-refractivity contribution in [2.75, 3.05) is 39.6 Å². The Balaban J connectivity index is 5.24. The summed E-state index contributed by atoms with van der Waals surface area (Å²) in [7, 11) is -9.90. The molecule has 0 fully saturated rings. The second-order valence-corrected chi connectivity index (χ2v) is 29.6. The van der Waals surface area contributed by atoms with E-state index in [9.17, 15) is 43.2 Å². The lowest BCUT2D eigenvalue weighted by Gasteiger charge is -2.21. The van der Waals surface area contributed by atoms with Crippen LogP contribution in [0.15, 0.2) is 0 Å². The van der Waals surface area contributed by atoms with Gasteiger partial charge in [-0.2, -0.15) is 0 Å². The highest BCUT2D eigenvalue weighted by atomic mass is 31.2. The van der Waals surface area contributed by atoms with Gasteiger partial charge in [-0.1, -0.05) is 299 Å². The number of aliphatic hydroxyl groups excluding tert-OH is 1. The minimum atomic E-state index is -4.95. The van der Waals surface area contributed by atoms with E-state index in [0.717, 1.165) is 114 Å². The first kappa shape index (κ1) is 87.1. The van der Waals surface area contributed by atoms with Crippen molar-refractivity contribution in [3.05, 3.63) is 0 Å². The Morgan fingerprint density at radius 2 is 0.517 bits per heavy atom. The van der Waals surface area contributed by atoms with Crippen molar-refractivity contribution in [2.24, 2.45) is 17.8 Å². The van der Waals surface area contributed by atoms with Gasteiger partial charge >= 0.3 is 39.5 Å². The fraction of sp³-hybridized carbons (Fsp3) is 0.943. The number of ether oxygens (including phenoxy) is 4. The molecule has 0 radical (unpaired) electrons. The normalized spacial score (nSPS) is 14.2. The molecule has 0 aliphatic rings. The molecular formula is C70H136O17P2. The number of hydrogen-bond donors (Lipinski definition) is 3. The molecule has 17 nitrogen and oxygen atoms in total. The van der Waals surface area contributed by atoms with Crippen LogP contribution in [0.1, 0.15) is 350 Å². The van der Waals surface area contributed by atoms with Gasteiger partial charge in [0.2, 0.25) is 0 Å². The minimum absolute atomic E-state index is 0.105. The maximum absolute atomic E-state index is 13.0. The van der Waals surface area contributed by atoms with Crippen molar-refractivity contribution in [1.82, 2.24) is 0 Å². The molecule has 5 atom stereocenters. The number of phosphoric acid groups is 2. The second kappa shape index (κ2) is 61.0. The Kier molecular flexibility index (Phi) is 59.6. The van der Waals surface area contributed by atoms with Crippen molar-refractivity contribution >= 4 is 39.5 Å².